The number of hydrogen-bond acceptors (Lipinski definition) is 5. The average molecular weight is 564 g/mol. The second-order valence-electron chi connectivity index (χ2n) is 12.7. The molecule has 1 heterocycles. The van der Waals surface area contributed by atoms with Crippen molar-refractivity contribution in [3.05, 3.63) is 109 Å². The van der Waals surface area contributed by atoms with E-state index < -0.39 is 0 Å². The summed E-state index contributed by atoms with van der Waals surface area (Å²) in [6.07, 6.45) is 1.06. The molecule has 0 saturated carbocycles. The third kappa shape index (κ3) is 7.26. The van der Waals surface area contributed by atoms with Crippen LogP contribution in [0.25, 0.3) is 0 Å². The lowest BCUT2D eigenvalue weighted by Crippen LogP contribution is -2.64. The van der Waals surface area contributed by atoms with Gasteiger partial charge in [-0.15, -0.1) is 5.53 Å². The molecule has 3 N–H and O–H groups in total. The van der Waals surface area contributed by atoms with Gasteiger partial charge in [-0.05, 0) is 90.0 Å². The molecule has 1 atom stereocenters. The van der Waals surface area contributed by atoms with Crippen LogP contribution in [0, 0.1) is 16.7 Å². The Morgan fingerprint density at radius 1 is 0.659 bits per heavy atom. The third-order valence-corrected chi connectivity index (χ3v) is 7.93. The van der Waals surface area contributed by atoms with Gasteiger partial charge in [0.15, 0.2) is 0 Å². The highest BCUT2D eigenvalue weighted by molar-refractivity contribution is 7.80. The molecule has 5 rings (SSSR count). The Balaban J connectivity index is 1.41. The first-order valence-corrected chi connectivity index (χ1v) is 14.7. The minimum Gasteiger partial charge on any atom is -0.356 e. The Morgan fingerprint density at radius 3 is 1.56 bits per heavy atom. The standard InChI is InChI=1S/C35H41N5S/c1-34(2,3)25-35(4,5)32-24-39(30-20-16-28(17-21-30)36-26-12-8-6-9-13-26)38-40(33(32)41)31-22-18-29(19-23-31)37-27-14-10-7-11-15-27/h6-23,32,36-38H,24-25H2,1-5H3/t32-/m0/s1. The highest BCUT2D eigenvalue weighted by atomic mass is 32.1. The Bertz CT molecular complexity index is 1430. The molecular formula is C35H41N5S. The van der Waals surface area contributed by atoms with Crippen molar-refractivity contribution in [3.63, 3.8) is 0 Å². The van der Waals surface area contributed by atoms with Crippen molar-refractivity contribution in [2.24, 2.45) is 16.7 Å². The van der Waals surface area contributed by atoms with Gasteiger partial charge in [-0.2, -0.15) is 0 Å². The maximum Gasteiger partial charge on any atom is 0.105 e. The Labute approximate surface area is 250 Å². The van der Waals surface area contributed by atoms with E-state index in [1.165, 1.54) is 0 Å². The summed E-state index contributed by atoms with van der Waals surface area (Å²) in [4.78, 5) is 0.918. The van der Waals surface area contributed by atoms with E-state index in [0.717, 1.165) is 52.1 Å². The van der Waals surface area contributed by atoms with Crippen LogP contribution in [-0.2, 0) is 0 Å². The van der Waals surface area contributed by atoms with Crippen LogP contribution in [0.2, 0.25) is 0 Å². The molecule has 1 aliphatic heterocycles. The maximum atomic E-state index is 6.21. The quantitative estimate of drug-likeness (QED) is 0.186. The Morgan fingerprint density at radius 2 is 1.10 bits per heavy atom. The van der Waals surface area contributed by atoms with Gasteiger partial charge in [0.25, 0.3) is 0 Å². The lowest BCUT2D eigenvalue weighted by atomic mass is 9.68. The van der Waals surface area contributed by atoms with Gasteiger partial charge in [0.05, 0.1) is 11.4 Å². The fourth-order valence-corrected chi connectivity index (χ4v) is 6.38. The number of benzene rings is 4. The molecule has 0 amide bonds. The SMILES string of the molecule is CC(C)(C)CC(C)(C)[C@H]1CN(c2ccc(Nc3ccccc3)cc2)NN(c2ccc(Nc3ccccc3)cc2)C1=S. The van der Waals surface area contributed by atoms with Gasteiger partial charge in [0.1, 0.15) is 4.99 Å². The van der Waals surface area contributed by atoms with Gasteiger partial charge in [-0.25, -0.2) is 0 Å². The van der Waals surface area contributed by atoms with E-state index in [1.54, 1.807) is 0 Å². The second kappa shape index (κ2) is 11.9. The van der Waals surface area contributed by atoms with Crippen LogP contribution in [0.3, 0.4) is 0 Å². The average Bonchev–Trinajstić information content (AvgIpc) is 2.94. The fourth-order valence-electron chi connectivity index (χ4n) is 5.84. The van der Waals surface area contributed by atoms with Crippen LogP contribution < -0.4 is 26.2 Å². The number of hydrogen-bond donors (Lipinski definition) is 3. The minimum atomic E-state index is -0.00244. The number of nitrogens with one attached hydrogen (secondary N) is 3. The normalized spacial score (nSPS) is 16.0. The van der Waals surface area contributed by atoms with E-state index in [0.29, 0.717) is 0 Å². The van der Waals surface area contributed by atoms with E-state index in [9.17, 15) is 0 Å². The molecular weight excluding hydrogens is 522 g/mol. The summed E-state index contributed by atoms with van der Waals surface area (Å²) in [6, 6.07) is 37.5. The molecule has 0 spiro atoms. The third-order valence-electron chi connectivity index (χ3n) is 7.46. The minimum absolute atomic E-state index is 0.00244. The van der Waals surface area contributed by atoms with Gasteiger partial charge >= 0.3 is 0 Å². The van der Waals surface area contributed by atoms with Crippen LogP contribution in [0.1, 0.15) is 41.0 Å². The van der Waals surface area contributed by atoms with E-state index in [1.807, 2.05) is 36.4 Å². The molecule has 6 heteroatoms. The van der Waals surface area contributed by atoms with E-state index in [2.05, 4.69) is 134 Å². The smallest absolute Gasteiger partial charge is 0.105 e. The largest absolute Gasteiger partial charge is 0.356 e. The summed E-state index contributed by atoms with van der Waals surface area (Å²) in [5.41, 5.74) is 10.1. The topological polar surface area (TPSA) is 42.6 Å². The number of para-hydroxylation sites is 2. The number of hydrazine groups is 2. The summed E-state index contributed by atoms with van der Waals surface area (Å²) in [5.74, 6) is 0.169. The molecule has 41 heavy (non-hydrogen) atoms. The predicted octanol–water partition coefficient (Wildman–Crippen LogP) is 9.33. The van der Waals surface area contributed by atoms with Crippen molar-refractivity contribution < 1.29 is 0 Å². The molecule has 1 aliphatic rings. The van der Waals surface area contributed by atoms with E-state index >= 15 is 0 Å². The molecule has 0 aromatic heterocycles. The molecule has 0 aliphatic carbocycles. The first-order valence-electron chi connectivity index (χ1n) is 14.3. The molecule has 4 aromatic carbocycles. The summed E-state index contributed by atoms with van der Waals surface area (Å²) >= 11 is 6.21. The summed E-state index contributed by atoms with van der Waals surface area (Å²) < 4.78 is 0. The monoisotopic (exact) mass is 563 g/mol. The first kappa shape index (κ1) is 28.7. The van der Waals surface area contributed by atoms with Crippen LogP contribution >= 0.6 is 12.2 Å². The molecule has 1 fully saturated rings. The van der Waals surface area contributed by atoms with Crippen LogP contribution in [-0.4, -0.2) is 11.5 Å². The zero-order chi connectivity index (χ0) is 29.0. The van der Waals surface area contributed by atoms with Gasteiger partial charge in [-0.1, -0.05) is 83.2 Å². The van der Waals surface area contributed by atoms with Crippen molar-refractivity contribution >= 4 is 51.3 Å². The van der Waals surface area contributed by atoms with Crippen molar-refractivity contribution in [2.45, 2.75) is 41.0 Å². The van der Waals surface area contributed by atoms with E-state index in [-0.39, 0.29) is 16.7 Å². The zero-order valence-corrected chi connectivity index (χ0v) is 25.5. The molecule has 5 nitrogen and oxygen atoms in total. The van der Waals surface area contributed by atoms with Crippen molar-refractivity contribution in [3.8, 4) is 0 Å². The lowest BCUT2D eigenvalue weighted by molar-refractivity contribution is 0.163. The second-order valence-corrected chi connectivity index (χ2v) is 13.2. The summed E-state index contributed by atoms with van der Waals surface area (Å²) in [5, 5.41) is 11.3. The Hall–Kier alpha value is -3.87. The highest BCUT2D eigenvalue weighted by Gasteiger charge is 2.42. The molecule has 4 aromatic rings. The van der Waals surface area contributed by atoms with Crippen molar-refractivity contribution in [2.75, 3.05) is 27.2 Å². The molecule has 212 valence electrons. The summed E-state index contributed by atoms with van der Waals surface area (Å²) in [7, 11) is 0. The maximum absolute atomic E-state index is 6.21. The van der Waals surface area contributed by atoms with Crippen molar-refractivity contribution in [1.29, 1.82) is 0 Å². The molecule has 0 unspecified atom stereocenters. The summed E-state index contributed by atoms with van der Waals surface area (Å²) in [6.45, 7) is 12.4. The number of anilines is 6. The highest BCUT2D eigenvalue weighted by Crippen LogP contribution is 2.42. The lowest BCUT2D eigenvalue weighted by Gasteiger charge is -2.49. The molecule has 0 radical (unpaired) electrons. The van der Waals surface area contributed by atoms with Crippen molar-refractivity contribution in [1.82, 2.24) is 5.53 Å². The van der Waals surface area contributed by atoms with Crippen LogP contribution in [0.15, 0.2) is 109 Å². The van der Waals surface area contributed by atoms with Crippen LogP contribution in [0.4, 0.5) is 34.1 Å². The first-order chi connectivity index (χ1) is 19.6. The zero-order valence-electron chi connectivity index (χ0n) is 24.7. The number of nitrogens with zero attached hydrogens (tertiary/aromatic N) is 2. The van der Waals surface area contributed by atoms with Gasteiger partial charge in [0, 0.05) is 35.2 Å². The predicted molar refractivity (Wildman–Crippen MR) is 179 cm³/mol. The number of thiocarbonyl (C=S) groups is 1. The van der Waals surface area contributed by atoms with Gasteiger partial charge in [-0.3, -0.25) is 10.0 Å². The fraction of sp³-hybridized carbons (Fsp3) is 0.286. The van der Waals surface area contributed by atoms with E-state index in [4.69, 9.17) is 12.2 Å². The number of rotatable bonds is 8. The molecule has 1 saturated heterocycles. The van der Waals surface area contributed by atoms with Crippen LogP contribution in [0.5, 0.6) is 0 Å². The molecule has 0 bridgehead atoms. The Kier molecular flexibility index (Phi) is 8.34. The van der Waals surface area contributed by atoms with Gasteiger partial charge < -0.3 is 10.6 Å². The van der Waals surface area contributed by atoms with Gasteiger partial charge in [0.2, 0.25) is 0 Å².